The Hall–Kier alpha value is -7.61. The molecule has 302 valence electrons. The Morgan fingerprint density at radius 3 is 1.91 bits per heavy atom. The van der Waals surface area contributed by atoms with Gasteiger partial charge in [0.05, 0.1) is 22.7 Å². The predicted molar refractivity (Wildman–Crippen MR) is 271 cm³/mol. The second-order valence-electron chi connectivity index (χ2n) is 18.8. The van der Waals surface area contributed by atoms with Gasteiger partial charge in [0, 0.05) is 43.8 Å². The lowest BCUT2D eigenvalue weighted by molar-refractivity contribution is 1.17. The molecule has 0 saturated heterocycles. The van der Waals surface area contributed by atoms with E-state index in [0.29, 0.717) is 5.56 Å². The van der Waals surface area contributed by atoms with Gasteiger partial charge in [0.1, 0.15) is 0 Å². The molecule has 13 rings (SSSR count). The summed E-state index contributed by atoms with van der Waals surface area (Å²) >= 11 is 0. The molecule has 0 atom stereocenters. The number of aromatic nitrogens is 2. The van der Waals surface area contributed by atoms with E-state index in [9.17, 15) is 5.26 Å². The zero-order valence-electron chi connectivity index (χ0n) is 37.2. The zero-order valence-corrected chi connectivity index (χ0v) is 37.2. The van der Waals surface area contributed by atoms with Crippen molar-refractivity contribution in [2.75, 3.05) is 0 Å². The summed E-state index contributed by atoms with van der Waals surface area (Å²) in [4.78, 5) is 0. The number of hydrogen-bond acceptors (Lipinski definition) is 1. The number of para-hydroxylation sites is 1. The van der Waals surface area contributed by atoms with Crippen LogP contribution < -0.4 is 10.9 Å². The summed E-state index contributed by atoms with van der Waals surface area (Å²) in [6.45, 7) is 15.7. The first-order valence-corrected chi connectivity index (χ1v) is 22.5. The van der Waals surface area contributed by atoms with E-state index in [0.717, 1.165) is 11.1 Å². The molecule has 2 aliphatic rings. The van der Waals surface area contributed by atoms with Crippen LogP contribution in [0.3, 0.4) is 0 Å². The average Bonchev–Trinajstić information content (AvgIpc) is 3.80. The standard InChI is InChI=1S/C60H44BN3/c1-32-22-34(3)54(35(4)23-32)42-19-20-51-48(27-42)49-28-43(55-36(5)24-33(2)25-37(55)6)29-50-60(49)63(51)53-30-47(41-14-10-12-39(26-41)31-62)38(7)56-45-16-11-17-46-57-44-15-9-8-13-40(44)18-21-52(57)64(59(45)46)61(50)58(53)56/h8-30H,1-7H3. The molecular formula is C60H44BN3. The van der Waals surface area contributed by atoms with Crippen molar-refractivity contribution in [2.45, 2.75) is 48.5 Å². The molecule has 11 aromatic rings. The lowest BCUT2D eigenvalue weighted by Gasteiger charge is -2.36. The summed E-state index contributed by atoms with van der Waals surface area (Å²) in [5, 5.41) is 17.8. The third-order valence-corrected chi connectivity index (χ3v) is 14.8. The summed E-state index contributed by atoms with van der Waals surface area (Å²) in [5.74, 6) is 0. The van der Waals surface area contributed by atoms with E-state index >= 15 is 0 Å². The summed E-state index contributed by atoms with van der Waals surface area (Å²) in [5.41, 5.74) is 28.4. The van der Waals surface area contributed by atoms with Gasteiger partial charge in [-0.1, -0.05) is 108 Å². The van der Waals surface area contributed by atoms with E-state index < -0.39 is 0 Å². The molecule has 3 nitrogen and oxygen atoms in total. The van der Waals surface area contributed by atoms with Gasteiger partial charge < -0.3 is 9.05 Å². The van der Waals surface area contributed by atoms with E-state index in [1.165, 1.54) is 143 Å². The van der Waals surface area contributed by atoms with Crippen molar-refractivity contribution in [3.05, 3.63) is 184 Å². The molecule has 0 saturated carbocycles. The van der Waals surface area contributed by atoms with Crippen LogP contribution in [0.4, 0.5) is 0 Å². The SMILES string of the molecule is Cc1cc(C)c(-c2ccc3c(c2)c2cc(-c4c(C)cc(C)cc4C)cc4c2n3-c2cc(-c3cccc(C#N)c3)c(C)c3c2B4n2c4ccc5ccccc5c4c4cccc-3c42)c(C)c1. The maximum atomic E-state index is 10.1. The van der Waals surface area contributed by atoms with Crippen molar-refractivity contribution < 1.29 is 0 Å². The van der Waals surface area contributed by atoms with Gasteiger partial charge in [-0.25, -0.2) is 0 Å². The summed E-state index contributed by atoms with van der Waals surface area (Å²) in [7, 11) is 0. The summed E-state index contributed by atoms with van der Waals surface area (Å²) in [6.07, 6.45) is 0. The highest BCUT2D eigenvalue weighted by molar-refractivity contribution is 6.90. The van der Waals surface area contributed by atoms with Crippen LogP contribution in [0.5, 0.6) is 0 Å². The van der Waals surface area contributed by atoms with Gasteiger partial charge in [0.2, 0.25) is 0 Å². The second kappa shape index (κ2) is 13.0. The second-order valence-corrected chi connectivity index (χ2v) is 18.8. The van der Waals surface area contributed by atoms with Crippen molar-refractivity contribution in [3.8, 4) is 56.3 Å². The number of nitrogens with zero attached hydrogens (tertiary/aromatic N) is 3. The minimum absolute atomic E-state index is 0.106. The normalized spacial score (nSPS) is 12.6. The highest BCUT2D eigenvalue weighted by atomic mass is 15.0. The highest BCUT2D eigenvalue weighted by Crippen LogP contribution is 2.48. The van der Waals surface area contributed by atoms with E-state index in [1.807, 2.05) is 12.1 Å². The van der Waals surface area contributed by atoms with Gasteiger partial charge in [-0.15, -0.1) is 0 Å². The number of hydrogen-bond donors (Lipinski definition) is 0. The van der Waals surface area contributed by atoms with Gasteiger partial charge >= 0.3 is 6.85 Å². The van der Waals surface area contributed by atoms with Crippen LogP contribution in [0.25, 0.3) is 105 Å². The van der Waals surface area contributed by atoms with Gasteiger partial charge in [-0.2, -0.15) is 5.26 Å². The molecule has 0 amide bonds. The third-order valence-electron chi connectivity index (χ3n) is 14.8. The van der Waals surface area contributed by atoms with Crippen molar-refractivity contribution in [1.82, 2.24) is 9.05 Å². The Kier molecular flexibility index (Phi) is 7.50. The fourth-order valence-electron chi connectivity index (χ4n) is 12.6. The predicted octanol–water partition coefficient (Wildman–Crippen LogP) is 14.0. The number of aryl methyl sites for hydroxylation is 6. The molecule has 64 heavy (non-hydrogen) atoms. The van der Waals surface area contributed by atoms with Crippen molar-refractivity contribution >= 4 is 72.2 Å². The molecule has 0 N–H and O–H groups in total. The molecule has 0 unspecified atom stereocenters. The smallest absolute Gasteiger partial charge is 0.333 e. The van der Waals surface area contributed by atoms with Crippen LogP contribution in [-0.4, -0.2) is 15.9 Å². The third kappa shape index (κ3) is 4.82. The lowest BCUT2D eigenvalue weighted by Crippen LogP contribution is -2.55. The Morgan fingerprint density at radius 2 is 1.16 bits per heavy atom. The van der Waals surface area contributed by atoms with Crippen molar-refractivity contribution in [3.63, 3.8) is 0 Å². The molecule has 9 aromatic carbocycles. The molecule has 0 radical (unpaired) electrons. The van der Waals surface area contributed by atoms with Crippen molar-refractivity contribution in [2.24, 2.45) is 0 Å². The van der Waals surface area contributed by atoms with Crippen LogP contribution in [-0.2, 0) is 0 Å². The Balaban J connectivity index is 1.25. The summed E-state index contributed by atoms with van der Waals surface area (Å²) in [6, 6.07) is 55.1. The number of rotatable bonds is 3. The monoisotopic (exact) mass is 817 g/mol. The molecule has 2 aromatic heterocycles. The Morgan fingerprint density at radius 1 is 0.484 bits per heavy atom. The number of fused-ring (bicyclic) bond motifs is 12. The first kappa shape index (κ1) is 37.0. The van der Waals surface area contributed by atoms with Gasteiger partial charge in [-0.05, 0) is 179 Å². The lowest BCUT2D eigenvalue weighted by atomic mass is 9.45. The van der Waals surface area contributed by atoms with Crippen LogP contribution in [0.2, 0.25) is 0 Å². The van der Waals surface area contributed by atoms with E-state index in [-0.39, 0.29) is 6.85 Å². The molecule has 0 fully saturated rings. The number of benzene rings is 9. The Bertz CT molecular complexity index is 3950. The first-order chi connectivity index (χ1) is 31.1. The maximum Gasteiger partial charge on any atom is 0.333 e. The summed E-state index contributed by atoms with van der Waals surface area (Å²) < 4.78 is 5.29. The quantitative estimate of drug-likeness (QED) is 0.164. The number of nitriles is 1. The average molecular weight is 818 g/mol. The first-order valence-electron chi connectivity index (χ1n) is 22.5. The maximum absolute atomic E-state index is 10.1. The van der Waals surface area contributed by atoms with Crippen LogP contribution in [0.15, 0.2) is 140 Å². The highest BCUT2D eigenvalue weighted by Gasteiger charge is 2.43. The molecule has 2 aliphatic heterocycles. The van der Waals surface area contributed by atoms with Crippen LogP contribution in [0.1, 0.15) is 44.5 Å². The van der Waals surface area contributed by atoms with Crippen LogP contribution in [0, 0.1) is 59.8 Å². The molecule has 4 heteroatoms. The molecular weight excluding hydrogens is 773 g/mol. The molecule has 4 heterocycles. The van der Waals surface area contributed by atoms with Gasteiger partial charge in [-0.3, -0.25) is 0 Å². The van der Waals surface area contributed by atoms with Crippen molar-refractivity contribution in [1.29, 1.82) is 5.26 Å². The largest absolute Gasteiger partial charge is 0.375 e. The molecule has 0 bridgehead atoms. The van der Waals surface area contributed by atoms with E-state index in [2.05, 4.69) is 191 Å². The topological polar surface area (TPSA) is 33.6 Å². The molecule has 0 aliphatic carbocycles. The van der Waals surface area contributed by atoms with Gasteiger partial charge in [0.15, 0.2) is 0 Å². The zero-order chi connectivity index (χ0) is 43.4. The van der Waals surface area contributed by atoms with E-state index in [4.69, 9.17) is 0 Å². The van der Waals surface area contributed by atoms with Gasteiger partial charge in [0.25, 0.3) is 0 Å². The molecule has 0 spiro atoms. The Labute approximate surface area is 373 Å². The fraction of sp³-hybridized carbons (Fsp3) is 0.117. The minimum Gasteiger partial charge on any atom is -0.375 e. The minimum atomic E-state index is -0.106. The fourth-order valence-corrected chi connectivity index (χ4v) is 12.6. The van der Waals surface area contributed by atoms with Crippen LogP contribution >= 0.6 is 0 Å². The van der Waals surface area contributed by atoms with E-state index in [1.54, 1.807) is 0 Å².